The lowest BCUT2D eigenvalue weighted by Crippen LogP contribution is -2.42. The lowest BCUT2D eigenvalue weighted by molar-refractivity contribution is 0.115. The summed E-state index contributed by atoms with van der Waals surface area (Å²) in [6.45, 7) is 7.20. The molecule has 1 aromatic carbocycles. The van der Waals surface area contributed by atoms with Crippen molar-refractivity contribution in [2.45, 2.75) is 52.0 Å². The molecule has 0 radical (unpaired) electrons. The van der Waals surface area contributed by atoms with Gasteiger partial charge in [-0.3, -0.25) is 0 Å². The number of anilines is 1. The molecule has 1 unspecified atom stereocenters. The molecule has 0 aromatic heterocycles. The van der Waals surface area contributed by atoms with Crippen LogP contribution in [0.5, 0.6) is 0 Å². The molecule has 0 spiro atoms. The molecule has 1 saturated carbocycles. The van der Waals surface area contributed by atoms with Crippen LogP contribution in [0.15, 0.2) is 24.3 Å². The lowest BCUT2D eigenvalue weighted by atomic mass is 9.75. The Kier molecular flexibility index (Phi) is 4.26. The molecule has 1 fully saturated rings. The van der Waals surface area contributed by atoms with E-state index in [1.165, 1.54) is 49.9 Å². The second-order valence-electron chi connectivity index (χ2n) is 7.94. The van der Waals surface area contributed by atoms with Crippen molar-refractivity contribution in [1.82, 2.24) is 4.90 Å². The molecule has 0 saturated heterocycles. The highest BCUT2D eigenvalue weighted by Crippen LogP contribution is 2.37. The summed E-state index contributed by atoms with van der Waals surface area (Å²) in [5.74, 6) is 0.750. The largest absolute Gasteiger partial charge is 0.384 e. The summed E-state index contributed by atoms with van der Waals surface area (Å²) in [7, 11) is 2.34. The van der Waals surface area contributed by atoms with Gasteiger partial charge in [-0.15, -0.1) is 0 Å². The highest BCUT2D eigenvalue weighted by Gasteiger charge is 2.30. The standard InChI is InChI=1S/C19H30N2/c1-19(2)10-8-17(9-11-19)21(3)14-15-12-16-6-4-5-7-18(16)20-13-15/h4-7,15,17,20H,8-14H2,1-3H3. The molecule has 116 valence electrons. The summed E-state index contributed by atoms with van der Waals surface area (Å²) in [6, 6.07) is 9.57. The predicted octanol–water partition coefficient (Wildman–Crippen LogP) is 4.17. The number of hydrogen-bond donors (Lipinski definition) is 1. The van der Waals surface area contributed by atoms with E-state index in [9.17, 15) is 0 Å². The highest BCUT2D eigenvalue weighted by molar-refractivity contribution is 5.53. The van der Waals surface area contributed by atoms with Gasteiger partial charge in [-0.05, 0) is 62.1 Å². The number of nitrogens with zero attached hydrogens (tertiary/aromatic N) is 1. The van der Waals surface area contributed by atoms with Crippen LogP contribution >= 0.6 is 0 Å². The number of rotatable bonds is 3. The fourth-order valence-corrected chi connectivity index (χ4v) is 4.02. The van der Waals surface area contributed by atoms with E-state index in [2.05, 4.69) is 55.4 Å². The summed E-state index contributed by atoms with van der Waals surface area (Å²) in [5.41, 5.74) is 3.41. The van der Waals surface area contributed by atoms with Crippen molar-refractivity contribution >= 4 is 5.69 Å². The lowest BCUT2D eigenvalue weighted by Gasteiger charge is -2.40. The average Bonchev–Trinajstić information content (AvgIpc) is 2.47. The Morgan fingerprint density at radius 2 is 1.90 bits per heavy atom. The van der Waals surface area contributed by atoms with Crippen LogP contribution in [-0.2, 0) is 6.42 Å². The van der Waals surface area contributed by atoms with Crippen LogP contribution in [0.4, 0.5) is 5.69 Å². The zero-order valence-corrected chi connectivity index (χ0v) is 13.9. The average molecular weight is 286 g/mol. The van der Waals surface area contributed by atoms with E-state index in [0.29, 0.717) is 5.41 Å². The molecule has 0 bridgehead atoms. The summed E-state index contributed by atoms with van der Waals surface area (Å²) >= 11 is 0. The monoisotopic (exact) mass is 286 g/mol. The smallest absolute Gasteiger partial charge is 0.0372 e. The Hall–Kier alpha value is -1.02. The molecule has 2 heteroatoms. The van der Waals surface area contributed by atoms with Gasteiger partial charge >= 0.3 is 0 Å². The molecular formula is C19H30N2. The third-order valence-electron chi connectivity index (χ3n) is 5.59. The van der Waals surface area contributed by atoms with Crippen molar-refractivity contribution in [1.29, 1.82) is 0 Å². The zero-order valence-electron chi connectivity index (χ0n) is 13.9. The molecule has 1 heterocycles. The molecule has 1 aliphatic heterocycles. The minimum absolute atomic E-state index is 0.572. The van der Waals surface area contributed by atoms with Crippen LogP contribution in [-0.4, -0.2) is 31.1 Å². The van der Waals surface area contributed by atoms with Gasteiger partial charge in [0.05, 0.1) is 0 Å². The summed E-state index contributed by atoms with van der Waals surface area (Å²) < 4.78 is 0. The summed E-state index contributed by atoms with van der Waals surface area (Å²) in [4.78, 5) is 2.63. The number of benzene rings is 1. The Labute approximate surface area is 129 Å². The summed E-state index contributed by atoms with van der Waals surface area (Å²) in [5, 5.41) is 3.61. The van der Waals surface area contributed by atoms with Crippen LogP contribution < -0.4 is 5.32 Å². The van der Waals surface area contributed by atoms with Gasteiger partial charge in [0.1, 0.15) is 0 Å². The molecular weight excluding hydrogens is 256 g/mol. The third-order valence-corrected chi connectivity index (χ3v) is 5.59. The van der Waals surface area contributed by atoms with E-state index in [1.54, 1.807) is 0 Å². The maximum atomic E-state index is 3.61. The van der Waals surface area contributed by atoms with Crippen molar-refractivity contribution in [3.63, 3.8) is 0 Å². The third kappa shape index (κ3) is 3.60. The normalized spacial score (nSPS) is 25.4. The van der Waals surface area contributed by atoms with Gasteiger partial charge in [0.25, 0.3) is 0 Å². The van der Waals surface area contributed by atoms with E-state index in [4.69, 9.17) is 0 Å². The minimum atomic E-state index is 0.572. The van der Waals surface area contributed by atoms with E-state index in [1.807, 2.05) is 0 Å². The minimum Gasteiger partial charge on any atom is -0.384 e. The molecule has 1 aromatic rings. The van der Waals surface area contributed by atoms with Crippen LogP contribution in [0.3, 0.4) is 0 Å². The fraction of sp³-hybridized carbons (Fsp3) is 0.684. The topological polar surface area (TPSA) is 15.3 Å². The molecule has 21 heavy (non-hydrogen) atoms. The number of fused-ring (bicyclic) bond motifs is 1. The molecule has 1 aliphatic carbocycles. The number of para-hydroxylation sites is 1. The van der Waals surface area contributed by atoms with Crippen LogP contribution in [0.25, 0.3) is 0 Å². The van der Waals surface area contributed by atoms with Crippen molar-refractivity contribution in [2.24, 2.45) is 11.3 Å². The SMILES string of the molecule is CN(CC1CNc2ccccc2C1)C1CCC(C)(C)CC1. The maximum Gasteiger partial charge on any atom is 0.0372 e. The first-order valence-corrected chi connectivity index (χ1v) is 8.55. The second kappa shape index (κ2) is 6.00. The molecule has 2 aliphatic rings. The van der Waals surface area contributed by atoms with Crippen LogP contribution in [0.2, 0.25) is 0 Å². The van der Waals surface area contributed by atoms with E-state index >= 15 is 0 Å². The van der Waals surface area contributed by atoms with Gasteiger partial charge in [0.15, 0.2) is 0 Å². The predicted molar refractivity (Wildman–Crippen MR) is 90.8 cm³/mol. The summed E-state index contributed by atoms with van der Waals surface area (Å²) in [6.07, 6.45) is 6.74. The van der Waals surface area contributed by atoms with Gasteiger partial charge < -0.3 is 10.2 Å². The van der Waals surface area contributed by atoms with Crippen molar-refractivity contribution in [3.05, 3.63) is 29.8 Å². The Bertz CT molecular complexity index is 470. The fourth-order valence-electron chi connectivity index (χ4n) is 4.02. The van der Waals surface area contributed by atoms with E-state index in [0.717, 1.165) is 18.5 Å². The first kappa shape index (κ1) is 14.9. The van der Waals surface area contributed by atoms with E-state index < -0.39 is 0 Å². The van der Waals surface area contributed by atoms with Gasteiger partial charge in [-0.1, -0.05) is 32.0 Å². The zero-order chi connectivity index (χ0) is 14.9. The van der Waals surface area contributed by atoms with Gasteiger partial charge in [0, 0.05) is 24.8 Å². The first-order valence-electron chi connectivity index (χ1n) is 8.55. The number of hydrogen-bond acceptors (Lipinski definition) is 2. The van der Waals surface area contributed by atoms with Gasteiger partial charge in [-0.25, -0.2) is 0 Å². The van der Waals surface area contributed by atoms with Gasteiger partial charge in [-0.2, -0.15) is 0 Å². The molecule has 0 amide bonds. The van der Waals surface area contributed by atoms with Crippen molar-refractivity contribution in [2.75, 3.05) is 25.5 Å². The quantitative estimate of drug-likeness (QED) is 0.897. The molecule has 1 atom stereocenters. The van der Waals surface area contributed by atoms with Crippen molar-refractivity contribution in [3.8, 4) is 0 Å². The Morgan fingerprint density at radius 1 is 1.19 bits per heavy atom. The highest BCUT2D eigenvalue weighted by atomic mass is 15.1. The van der Waals surface area contributed by atoms with Crippen molar-refractivity contribution < 1.29 is 0 Å². The first-order chi connectivity index (χ1) is 10.0. The van der Waals surface area contributed by atoms with E-state index in [-0.39, 0.29) is 0 Å². The molecule has 1 N–H and O–H groups in total. The van der Waals surface area contributed by atoms with Gasteiger partial charge in [0.2, 0.25) is 0 Å². The second-order valence-corrected chi connectivity index (χ2v) is 7.94. The van der Waals surface area contributed by atoms with Crippen LogP contribution in [0.1, 0.15) is 45.1 Å². The molecule has 2 nitrogen and oxygen atoms in total. The maximum absolute atomic E-state index is 3.61. The number of nitrogens with one attached hydrogen (secondary N) is 1. The Morgan fingerprint density at radius 3 is 2.67 bits per heavy atom. The molecule has 3 rings (SSSR count). The Balaban J connectivity index is 1.53. The van der Waals surface area contributed by atoms with Crippen LogP contribution in [0, 0.1) is 11.3 Å².